The molecule has 18 heavy (non-hydrogen) atoms. The normalized spacial score (nSPS) is 12.3. The molecule has 0 saturated carbocycles. The van der Waals surface area contributed by atoms with E-state index >= 15 is 0 Å². The van der Waals surface area contributed by atoms with E-state index < -0.39 is 24.5 Å². The Morgan fingerprint density at radius 3 is 2.83 bits per heavy atom. The fraction of sp³-hybridized carbons (Fsp3) is 0.182. The Hall–Kier alpha value is -2.41. The van der Waals surface area contributed by atoms with Gasteiger partial charge in [0.15, 0.2) is 6.04 Å². The minimum atomic E-state index is -1.33. The summed E-state index contributed by atoms with van der Waals surface area (Å²) in [5, 5.41) is 19.7. The van der Waals surface area contributed by atoms with Gasteiger partial charge < -0.3 is 19.9 Å². The van der Waals surface area contributed by atoms with E-state index in [1.54, 1.807) is 28.8 Å². The molecule has 0 spiro atoms. The molecule has 0 radical (unpaired) electrons. The standard InChI is InChI=1S/C11H11N3O4/c15-6-8(11(17)18)13-10(16)7-5-14-4-2-1-3-9(14)12-7/h1-5,8,15H,6H2,(H,13,16)(H,17,18). The third kappa shape index (κ3) is 2.30. The van der Waals surface area contributed by atoms with E-state index in [0.29, 0.717) is 5.65 Å². The lowest BCUT2D eigenvalue weighted by Gasteiger charge is -2.09. The van der Waals surface area contributed by atoms with Crippen LogP contribution in [0.1, 0.15) is 10.5 Å². The number of aliphatic hydroxyl groups excluding tert-OH is 1. The average Bonchev–Trinajstić information content (AvgIpc) is 2.79. The van der Waals surface area contributed by atoms with Crippen LogP contribution in [0.5, 0.6) is 0 Å². The fourth-order valence-electron chi connectivity index (χ4n) is 1.46. The van der Waals surface area contributed by atoms with Crippen LogP contribution in [0, 0.1) is 0 Å². The van der Waals surface area contributed by atoms with Crippen molar-refractivity contribution in [2.24, 2.45) is 0 Å². The summed E-state index contributed by atoms with van der Waals surface area (Å²) in [5.41, 5.74) is 0.680. The number of hydrogen-bond donors (Lipinski definition) is 3. The number of amides is 1. The molecule has 7 heteroatoms. The highest BCUT2D eigenvalue weighted by atomic mass is 16.4. The van der Waals surface area contributed by atoms with Gasteiger partial charge >= 0.3 is 5.97 Å². The first-order chi connectivity index (χ1) is 8.61. The number of carbonyl (C=O) groups excluding carboxylic acids is 1. The maximum atomic E-state index is 11.7. The van der Waals surface area contributed by atoms with Gasteiger partial charge in [-0.1, -0.05) is 6.07 Å². The van der Waals surface area contributed by atoms with Crippen LogP contribution in [0.25, 0.3) is 5.65 Å². The summed E-state index contributed by atoms with van der Waals surface area (Å²) in [6.07, 6.45) is 3.21. The van der Waals surface area contributed by atoms with E-state index in [-0.39, 0.29) is 5.69 Å². The van der Waals surface area contributed by atoms with Crippen molar-refractivity contribution in [2.45, 2.75) is 6.04 Å². The van der Waals surface area contributed by atoms with Gasteiger partial charge in [-0.2, -0.15) is 0 Å². The summed E-state index contributed by atoms with van der Waals surface area (Å²) >= 11 is 0. The molecule has 0 fully saturated rings. The third-order valence-corrected chi connectivity index (χ3v) is 2.38. The highest BCUT2D eigenvalue weighted by Crippen LogP contribution is 2.04. The van der Waals surface area contributed by atoms with Crippen molar-refractivity contribution in [1.82, 2.24) is 14.7 Å². The first kappa shape index (κ1) is 12.1. The molecule has 1 amide bonds. The molecule has 0 aliphatic carbocycles. The first-order valence-corrected chi connectivity index (χ1v) is 5.20. The minimum Gasteiger partial charge on any atom is -0.480 e. The number of nitrogens with one attached hydrogen (secondary N) is 1. The maximum absolute atomic E-state index is 11.7. The molecular formula is C11H11N3O4. The molecule has 7 nitrogen and oxygen atoms in total. The van der Waals surface area contributed by atoms with Crippen LogP contribution in [-0.4, -0.2) is 44.1 Å². The lowest BCUT2D eigenvalue weighted by molar-refractivity contribution is -0.140. The second-order valence-electron chi connectivity index (χ2n) is 3.64. The van der Waals surface area contributed by atoms with E-state index in [4.69, 9.17) is 10.2 Å². The quantitative estimate of drug-likeness (QED) is 0.678. The number of carboxylic acids is 1. The monoisotopic (exact) mass is 249 g/mol. The molecule has 0 aliphatic heterocycles. The van der Waals surface area contributed by atoms with Crippen molar-refractivity contribution < 1.29 is 19.8 Å². The van der Waals surface area contributed by atoms with Crippen molar-refractivity contribution >= 4 is 17.5 Å². The van der Waals surface area contributed by atoms with Gasteiger partial charge in [0.1, 0.15) is 11.3 Å². The number of nitrogens with zero attached hydrogens (tertiary/aromatic N) is 2. The largest absolute Gasteiger partial charge is 0.480 e. The van der Waals surface area contributed by atoms with Crippen molar-refractivity contribution in [3.8, 4) is 0 Å². The molecular weight excluding hydrogens is 238 g/mol. The Bertz CT molecular complexity index is 560. The SMILES string of the molecule is O=C(NC(CO)C(=O)O)c1cn2ccccc2n1. The van der Waals surface area contributed by atoms with Gasteiger partial charge in [-0.3, -0.25) is 4.79 Å². The number of carboxylic acid groups (broad SMARTS) is 1. The Labute approximate surface area is 102 Å². The van der Waals surface area contributed by atoms with Gasteiger partial charge in [-0.25, -0.2) is 9.78 Å². The van der Waals surface area contributed by atoms with Crippen molar-refractivity contribution in [2.75, 3.05) is 6.61 Å². The number of aliphatic hydroxyl groups is 1. The zero-order valence-corrected chi connectivity index (χ0v) is 9.28. The van der Waals surface area contributed by atoms with Gasteiger partial charge in [-0.05, 0) is 12.1 Å². The number of aliphatic carboxylic acids is 1. The molecule has 2 heterocycles. The van der Waals surface area contributed by atoms with Crippen LogP contribution in [0.3, 0.4) is 0 Å². The summed E-state index contributed by atoms with van der Waals surface area (Å²) in [6, 6.07) is 3.95. The number of pyridine rings is 1. The lowest BCUT2D eigenvalue weighted by atomic mass is 10.3. The average molecular weight is 249 g/mol. The summed E-state index contributed by atoms with van der Waals surface area (Å²) in [5.74, 6) is -1.94. The van der Waals surface area contributed by atoms with Crippen LogP contribution >= 0.6 is 0 Å². The number of fused-ring (bicyclic) bond motifs is 1. The Morgan fingerprint density at radius 2 is 2.22 bits per heavy atom. The predicted molar refractivity (Wildman–Crippen MR) is 61.2 cm³/mol. The summed E-state index contributed by atoms with van der Waals surface area (Å²) in [6.45, 7) is -0.672. The molecule has 0 aliphatic rings. The molecule has 0 bridgehead atoms. The van der Waals surface area contributed by atoms with Crippen LogP contribution in [0.2, 0.25) is 0 Å². The van der Waals surface area contributed by atoms with E-state index in [0.717, 1.165) is 0 Å². The number of rotatable bonds is 4. The summed E-state index contributed by atoms with van der Waals surface area (Å²) < 4.78 is 1.64. The molecule has 2 aromatic heterocycles. The molecule has 94 valence electrons. The molecule has 3 N–H and O–H groups in total. The second-order valence-corrected chi connectivity index (χ2v) is 3.64. The smallest absolute Gasteiger partial charge is 0.328 e. The van der Waals surface area contributed by atoms with Gasteiger partial charge in [0.05, 0.1) is 6.61 Å². The fourth-order valence-corrected chi connectivity index (χ4v) is 1.46. The zero-order chi connectivity index (χ0) is 13.1. The van der Waals surface area contributed by atoms with E-state index in [1.807, 2.05) is 0 Å². The topological polar surface area (TPSA) is 104 Å². The molecule has 1 atom stereocenters. The molecule has 0 saturated heterocycles. The highest BCUT2D eigenvalue weighted by molar-refractivity contribution is 5.95. The van der Waals surface area contributed by atoms with Gasteiger partial charge in [0.25, 0.3) is 5.91 Å². The molecule has 0 aromatic carbocycles. The minimum absolute atomic E-state index is 0.0981. The highest BCUT2D eigenvalue weighted by Gasteiger charge is 2.20. The molecule has 2 rings (SSSR count). The van der Waals surface area contributed by atoms with Gasteiger partial charge in [0.2, 0.25) is 0 Å². The Balaban J connectivity index is 2.20. The Kier molecular flexibility index (Phi) is 3.24. The summed E-state index contributed by atoms with van der Waals surface area (Å²) in [7, 11) is 0. The van der Waals surface area contributed by atoms with Crippen molar-refractivity contribution in [1.29, 1.82) is 0 Å². The zero-order valence-electron chi connectivity index (χ0n) is 9.28. The Morgan fingerprint density at radius 1 is 1.44 bits per heavy atom. The molecule has 2 aromatic rings. The lowest BCUT2D eigenvalue weighted by Crippen LogP contribution is -2.43. The van der Waals surface area contributed by atoms with Crippen molar-refractivity contribution in [3.05, 3.63) is 36.3 Å². The van der Waals surface area contributed by atoms with Crippen LogP contribution in [0.4, 0.5) is 0 Å². The molecule has 1 unspecified atom stereocenters. The number of hydrogen-bond acceptors (Lipinski definition) is 4. The van der Waals surface area contributed by atoms with Crippen LogP contribution in [-0.2, 0) is 4.79 Å². The number of carbonyl (C=O) groups is 2. The first-order valence-electron chi connectivity index (χ1n) is 5.20. The van der Waals surface area contributed by atoms with E-state index in [1.165, 1.54) is 6.20 Å². The number of imidazole rings is 1. The van der Waals surface area contributed by atoms with Crippen molar-refractivity contribution in [3.63, 3.8) is 0 Å². The summed E-state index contributed by atoms with van der Waals surface area (Å²) in [4.78, 5) is 26.4. The second kappa shape index (κ2) is 4.84. The van der Waals surface area contributed by atoms with E-state index in [9.17, 15) is 9.59 Å². The van der Waals surface area contributed by atoms with Crippen LogP contribution < -0.4 is 5.32 Å². The predicted octanol–water partition coefficient (Wildman–Crippen LogP) is -0.490. The maximum Gasteiger partial charge on any atom is 0.328 e. The van der Waals surface area contributed by atoms with Gasteiger partial charge in [0, 0.05) is 12.4 Å². The third-order valence-electron chi connectivity index (χ3n) is 2.38. The number of aromatic nitrogens is 2. The van der Waals surface area contributed by atoms with E-state index in [2.05, 4.69) is 10.3 Å². The van der Waals surface area contributed by atoms with Gasteiger partial charge in [-0.15, -0.1) is 0 Å². The van der Waals surface area contributed by atoms with Crippen LogP contribution in [0.15, 0.2) is 30.6 Å².